The van der Waals surface area contributed by atoms with E-state index in [1.54, 1.807) is 0 Å². The standard InChI is InChI=1S/C24H27N7O/c1-17-8-7-11-19(12-17)23-28-27-21(32-23)15-31-20-14-29(2)16-30(3)22(20)26-24(31)25-13-18-9-5-4-6-10-18/h4-12H,13-16H2,1-3H3,(H,25,26). The van der Waals surface area contributed by atoms with E-state index in [1.807, 2.05) is 36.4 Å². The molecule has 2 aromatic heterocycles. The molecule has 0 radical (unpaired) electrons. The van der Waals surface area contributed by atoms with Crippen LogP contribution in [0.2, 0.25) is 0 Å². The topological polar surface area (TPSA) is 75.2 Å². The van der Waals surface area contributed by atoms with Gasteiger partial charge in [-0.05, 0) is 31.7 Å². The van der Waals surface area contributed by atoms with Crippen molar-refractivity contribution in [1.29, 1.82) is 0 Å². The first-order valence-electron chi connectivity index (χ1n) is 10.7. The fourth-order valence-electron chi connectivity index (χ4n) is 4.10. The van der Waals surface area contributed by atoms with Gasteiger partial charge in [-0.15, -0.1) is 10.2 Å². The van der Waals surface area contributed by atoms with E-state index in [0.717, 1.165) is 41.8 Å². The molecule has 0 aliphatic carbocycles. The van der Waals surface area contributed by atoms with Crippen LogP contribution in [0.5, 0.6) is 0 Å². The number of imidazole rings is 1. The van der Waals surface area contributed by atoms with E-state index in [2.05, 4.69) is 69.1 Å². The average Bonchev–Trinajstić information content (AvgIpc) is 3.39. The van der Waals surface area contributed by atoms with E-state index >= 15 is 0 Å². The predicted octanol–water partition coefficient (Wildman–Crippen LogP) is 3.74. The Bertz CT molecular complexity index is 1210. The van der Waals surface area contributed by atoms with Crippen molar-refractivity contribution < 1.29 is 4.42 Å². The highest BCUT2D eigenvalue weighted by Gasteiger charge is 2.27. The summed E-state index contributed by atoms with van der Waals surface area (Å²) in [5.41, 5.74) is 4.42. The third-order valence-electron chi connectivity index (χ3n) is 5.60. The summed E-state index contributed by atoms with van der Waals surface area (Å²) in [6.07, 6.45) is 0. The van der Waals surface area contributed by atoms with E-state index in [1.165, 1.54) is 5.56 Å². The normalized spacial score (nSPS) is 13.9. The first-order chi connectivity index (χ1) is 15.6. The minimum atomic E-state index is 0.458. The summed E-state index contributed by atoms with van der Waals surface area (Å²) in [7, 11) is 4.17. The molecule has 0 bridgehead atoms. The molecule has 5 rings (SSSR count). The van der Waals surface area contributed by atoms with Gasteiger partial charge >= 0.3 is 0 Å². The maximum Gasteiger partial charge on any atom is 0.247 e. The van der Waals surface area contributed by atoms with Gasteiger partial charge in [-0.3, -0.25) is 4.90 Å². The lowest BCUT2D eigenvalue weighted by atomic mass is 10.1. The van der Waals surface area contributed by atoms with Gasteiger partial charge in [0.05, 0.1) is 12.4 Å². The second kappa shape index (κ2) is 8.47. The Labute approximate surface area is 187 Å². The summed E-state index contributed by atoms with van der Waals surface area (Å²) < 4.78 is 8.19. The van der Waals surface area contributed by atoms with Crippen LogP contribution in [0.3, 0.4) is 0 Å². The van der Waals surface area contributed by atoms with Crippen LogP contribution in [0.25, 0.3) is 11.5 Å². The Kier molecular flexibility index (Phi) is 5.36. The summed E-state index contributed by atoms with van der Waals surface area (Å²) in [4.78, 5) is 9.33. The van der Waals surface area contributed by atoms with Gasteiger partial charge in [0.2, 0.25) is 17.7 Å². The molecular weight excluding hydrogens is 402 g/mol. The summed E-state index contributed by atoms with van der Waals surface area (Å²) in [6.45, 7) is 4.84. The van der Waals surface area contributed by atoms with Crippen molar-refractivity contribution in [2.75, 3.05) is 31.0 Å². The third-order valence-corrected chi connectivity index (χ3v) is 5.60. The van der Waals surface area contributed by atoms with Crippen molar-refractivity contribution in [3.8, 4) is 11.5 Å². The number of hydrogen-bond donors (Lipinski definition) is 1. The van der Waals surface area contributed by atoms with Gasteiger partial charge < -0.3 is 19.2 Å². The number of hydrogen-bond acceptors (Lipinski definition) is 7. The Balaban J connectivity index is 1.45. The van der Waals surface area contributed by atoms with Gasteiger partial charge in [0, 0.05) is 25.7 Å². The van der Waals surface area contributed by atoms with Gasteiger partial charge in [0.25, 0.3) is 0 Å². The first-order valence-corrected chi connectivity index (χ1v) is 10.7. The van der Waals surface area contributed by atoms with Crippen LogP contribution in [-0.2, 0) is 19.6 Å². The summed E-state index contributed by atoms with van der Waals surface area (Å²) in [6, 6.07) is 18.4. The smallest absolute Gasteiger partial charge is 0.247 e. The SMILES string of the molecule is Cc1cccc(-c2nnc(Cn3c(NCc4ccccc4)nc4c3CN(C)CN4C)o2)c1. The Morgan fingerprint density at radius 2 is 1.88 bits per heavy atom. The fourth-order valence-corrected chi connectivity index (χ4v) is 4.10. The Morgan fingerprint density at radius 1 is 1.03 bits per heavy atom. The molecule has 8 heteroatoms. The molecular formula is C24H27N7O. The summed E-state index contributed by atoms with van der Waals surface area (Å²) in [5, 5.41) is 12.1. The number of rotatable bonds is 6. The van der Waals surface area contributed by atoms with Crippen LogP contribution < -0.4 is 10.2 Å². The lowest BCUT2D eigenvalue weighted by Gasteiger charge is -2.31. The number of aromatic nitrogens is 4. The van der Waals surface area contributed by atoms with Crippen molar-refractivity contribution in [1.82, 2.24) is 24.6 Å². The molecule has 164 valence electrons. The number of benzene rings is 2. The highest BCUT2D eigenvalue weighted by Crippen LogP contribution is 2.30. The molecule has 0 fully saturated rings. The predicted molar refractivity (Wildman–Crippen MR) is 124 cm³/mol. The minimum absolute atomic E-state index is 0.458. The quantitative estimate of drug-likeness (QED) is 0.500. The molecule has 2 aromatic carbocycles. The highest BCUT2D eigenvalue weighted by molar-refractivity contribution is 5.54. The lowest BCUT2D eigenvalue weighted by Crippen LogP contribution is -2.38. The Morgan fingerprint density at radius 3 is 2.69 bits per heavy atom. The molecule has 0 spiro atoms. The van der Waals surface area contributed by atoms with Gasteiger partial charge in [-0.1, -0.05) is 48.0 Å². The van der Waals surface area contributed by atoms with E-state index in [0.29, 0.717) is 24.9 Å². The molecule has 8 nitrogen and oxygen atoms in total. The number of aryl methyl sites for hydroxylation is 1. The first kappa shape index (κ1) is 20.3. The van der Waals surface area contributed by atoms with Crippen molar-refractivity contribution in [3.63, 3.8) is 0 Å². The summed E-state index contributed by atoms with van der Waals surface area (Å²) in [5.74, 6) is 2.87. The van der Waals surface area contributed by atoms with Crippen molar-refractivity contribution in [3.05, 3.63) is 77.3 Å². The van der Waals surface area contributed by atoms with Gasteiger partial charge in [0.1, 0.15) is 6.54 Å². The molecule has 0 amide bonds. The van der Waals surface area contributed by atoms with Crippen molar-refractivity contribution >= 4 is 11.8 Å². The molecule has 4 aromatic rings. The zero-order valence-electron chi connectivity index (χ0n) is 18.6. The number of nitrogens with one attached hydrogen (secondary N) is 1. The Hall–Kier alpha value is -3.65. The molecule has 0 unspecified atom stereocenters. The second-order valence-corrected chi connectivity index (χ2v) is 8.35. The van der Waals surface area contributed by atoms with E-state index < -0.39 is 0 Å². The maximum absolute atomic E-state index is 6.03. The van der Waals surface area contributed by atoms with Crippen LogP contribution >= 0.6 is 0 Å². The van der Waals surface area contributed by atoms with E-state index in [9.17, 15) is 0 Å². The molecule has 0 saturated carbocycles. The molecule has 0 saturated heterocycles. The second-order valence-electron chi connectivity index (χ2n) is 8.35. The zero-order valence-corrected chi connectivity index (χ0v) is 18.6. The lowest BCUT2D eigenvalue weighted by molar-refractivity contribution is 0.304. The zero-order chi connectivity index (χ0) is 22.1. The van der Waals surface area contributed by atoms with Crippen LogP contribution in [0, 0.1) is 6.92 Å². The van der Waals surface area contributed by atoms with Crippen molar-refractivity contribution in [2.45, 2.75) is 26.6 Å². The number of anilines is 2. The van der Waals surface area contributed by atoms with Crippen LogP contribution in [-0.4, -0.2) is 45.4 Å². The summed E-state index contributed by atoms with van der Waals surface area (Å²) >= 11 is 0. The van der Waals surface area contributed by atoms with Crippen LogP contribution in [0.15, 0.2) is 59.0 Å². The van der Waals surface area contributed by atoms with Gasteiger partial charge in [-0.2, -0.15) is 4.98 Å². The highest BCUT2D eigenvalue weighted by atomic mass is 16.4. The largest absolute Gasteiger partial charge is 0.419 e. The maximum atomic E-state index is 6.03. The average molecular weight is 430 g/mol. The molecule has 1 aliphatic heterocycles. The third kappa shape index (κ3) is 4.09. The monoisotopic (exact) mass is 429 g/mol. The number of nitrogens with zero attached hydrogens (tertiary/aromatic N) is 6. The molecule has 1 aliphatic rings. The molecule has 3 heterocycles. The minimum Gasteiger partial charge on any atom is -0.419 e. The molecule has 32 heavy (non-hydrogen) atoms. The van der Waals surface area contributed by atoms with Gasteiger partial charge in [0.15, 0.2) is 5.82 Å². The fraction of sp³-hybridized carbons (Fsp3) is 0.292. The van der Waals surface area contributed by atoms with Gasteiger partial charge in [-0.25, -0.2) is 0 Å². The molecule has 1 N–H and O–H groups in total. The van der Waals surface area contributed by atoms with Crippen LogP contribution in [0.4, 0.5) is 11.8 Å². The molecule has 0 atom stereocenters. The van der Waals surface area contributed by atoms with Crippen LogP contribution in [0.1, 0.15) is 22.7 Å². The van der Waals surface area contributed by atoms with Crippen molar-refractivity contribution in [2.24, 2.45) is 0 Å². The number of fused-ring (bicyclic) bond motifs is 1. The van der Waals surface area contributed by atoms with E-state index in [-0.39, 0.29) is 0 Å². The van der Waals surface area contributed by atoms with E-state index in [4.69, 9.17) is 9.40 Å².